The fraction of sp³-hybridized carbons (Fsp3) is 0.471. The number of aromatic nitrogens is 2. The molecule has 0 aliphatic heterocycles. The Morgan fingerprint density at radius 2 is 1.90 bits per heavy atom. The molecule has 0 bridgehead atoms. The average Bonchev–Trinajstić information content (AvgIpc) is 2.95. The third-order valence-corrected chi connectivity index (χ3v) is 3.73. The zero-order valence-electron chi connectivity index (χ0n) is 12.7. The summed E-state index contributed by atoms with van der Waals surface area (Å²) in [6, 6.07) is 12.8. The number of hydrogen-bond donors (Lipinski definition) is 1. The summed E-state index contributed by atoms with van der Waals surface area (Å²) in [5.41, 5.74) is 2.37. The van der Waals surface area contributed by atoms with Crippen LogP contribution < -0.4 is 5.32 Å². The van der Waals surface area contributed by atoms with E-state index in [0.29, 0.717) is 12.0 Å². The SMILES string of the molecule is CCCC(C)C(NCC)c1ccnn1-c1ccccc1. The summed E-state index contributed by atoms with van der Waals surface area (Å²) in [6.45, 7) is 7.70. The number of nitrogens with one attached hydrogen (secondary N) is 1. The van der Waals surface area contributed by atoms with Crippen LogP contribution in [0.5, 0.6) is 0 Å². The van der Waals surface area contributed by atoms with Gasteiger partial charge in [0, 0.05) is 6.20 Å². The fourth-order valence-electron chi connectivity index (χ4n) is 2.77. The van der Waals surface area contributed by atoms with Gasteiger partial charge in [-0.25, -0.2) is 4.68 Å². The number of rotatable bonds is 7. The molecule has 2 atom stereocenters. The zero-order chi connectivity index (χ0) is 14.4. The van der Waals surface area contributed by atoms with Crippen LogP contribution in [0.4, 0.5) is 0 Å². The van der Waals surface area contributed by atoms with Gasteiger partial charge in [0.1, 0.15) is 0 Å². The molecule has 0 radical (unpaired) electrons. The van der Waals surface area contributed by atoms with Crippen molar-refractivity contribution >= 4 is 0 Å². The quantitative estimate of drug-likeness (QED) is 0.826. The van der Waals surface area contributed by atoms with Crippen LogP contribution in [0.3, 0.4) is 0 Å². The monoisotopic (exact) mass is 271 g/mol. The second kappa shape index (κ2) is 7.25. The number of nitrogens with zero attached hydrogens (tertiary/aromatic N) is 2. The smallest absolute Gasteiger partial charge is 0.0649 e. The molecule has 1 heterocycles. The molecule has 0 saturated carbocycles. The van der Waals surface area contributed by atoms with Crippen molar-refractivity contribution in [1.29, 1.82) is 0 Å². The molecule has 0 amide bonds. The van der Waals surface area contributed by atoms with Crippen molar-refractivity contribution in [1.82, 2.24) is 15.1 Å². The molecule has 3 nitrogen and oxygen atoms in total. The minimum absolute atomic E-state index is 0.350. The molecule has 20 heavy (non-hydrogen) atoms. The van der Waals surface area contributed by atoms with Gasteiger partial charge >= 0.3 is 0 Å². The zero-order valence-corrected chi connectivity index (χ0v) is 12.7. The average molecular weight is 271 g/mol. The van der Waals surface area contributed by atoms with Crippen molar-refractivity contribution < 1.29 is 0 Å². The van der Waals surface area contributed by atoms with Crippen molar-refractivity contribution in [2.45, 2.75) is 39.7 Å². The van der Waals surface area contributed by atoms with Crippen molar-refractivity contribution in [2.75, 3.05) is 6.54 Å². The second-order valence-corrected chi connectivity index (χ2v) is 5.30. The Balaban J connectivity index is 2.33. The highest BCUT2D eigenvalue weighted by Crippen LogP contribution is 2.27. The second-order valence-electron chi connectivity index (χ2n) is 5.30. The molecule has 2 rings (SSSR count). The van der Waals surface area contributed by atoms with Crippen LogP contribution in [0.2, 0.25) is 0 Å². The third kappa shape index (κ3) is 3.28. The van der Waals surface area contributed by atoms with Gasteiger partial charge in [0.2, 0.25) is 0 Å². The lowest BCUT2D eigenvalue weighted by molar-refractivity contribution is 0.357. The van der Waals surface area contributed by atoms with E-state index in [-0.39, 0.29) is 0 Å². The Hall–Kier alpha value is -1.61. The standard InChI is InChI=1S/C17H25N3/c1-4-9-14(3)17(18-5-2)16-12-13-19-20(16)15-10-7-6-8-11-15/h6-8,10-14,17-18H,4-5,9H2,1-3H3. The largest absolute Gasteiger partial charge is 0.309 e. The van der Waals surface area contributed by atoms with Crippen molar-refractivity contribution in [3.63, 3.8) is 0 Å². The van der Waals surface area contributed by atoms with E-state index < -0.39 is 0 Å². The number of hydrogen-bond acceptors (Lipinski definition) is 2. The van der Waals surface area contributed by atoms with Gasteiger partial charge in [0.05, 0.1) is 17.4 Å². The van der Waals surface area contributed by atoms with Crippen LogP contribution >= 0.6 is 0 Å². The van der Waals surface area contributed by atoms with Crippen LogP contribution in [-0.4, -0.2) is 16.3 Å². The molecular formula is C17H25N3. The lowest BCUT2D eigenvalue weighted by Gasteiger charge is -2.25. The highest BCUT2D eigenvalue weighted by atomic mass is 15.3. The first-order valence-electron chi connectivity index (χ1n) is 7.60. The molecule has 3 heteroatoms. The molecule has 1 aromatic heterocycles. The Morgan fingerprint density at radius 1 is 1.15 bits per heavy atom. The van der Waals surface area contributed by atoms with E-state index in [0.717, 1.165) is 12.2 Å². The molecule has 0 aliphatic carbocycles. The molecule has 2 aromatic rings. The normalized spacial score (nSPS) is 14.2. The predicted molar refractivity (Wildman–Crippen MR) is 84.1 cm³/mol. The van der Waals surface area contributed by atoms with Crippen LogP contribution in [0.1, 0.15) is 45.3 Å². The summed E-state index contributed by atoms with van der Waals surface area (Å²) in [6.07, 6.45) is 4.32. The minimum Gasteiger partial charge on any atom is -0.309 e. The first kappa shape index (κ1) is 14.8. The van der Waals surface area contributed by atoms with Gasteiger partial charge in [-0.05, 0) is 37.1 Å². The predicted octanol–water partition coefficient (Wildman–Crippen LogP) is 3.96. The maximum atomic E-state index is 4.51. The number of para-hydroxylation sites is 1. The third-order valence-electron chi connectivity index (χ3n) is 3.73. The van der Waals surface area contributed by atoms with Gasteiger partial charge < -0.3 is 5.32 Å². The van der Waals surface area contributed by atoms with E-state index in [1.54, 1.807) is 0 Å². The summed E-state index contributed by atoms with van der Waals surface area (Å²) >= 11 is 0. The summed E-state index contributed by atoms with van der Waals surface area (Å²) in [7, 11) is 0. The highest BCUT2D eigenvalue weighted by Gasteiger charge is 2.21. The molecule has 0 spiro atoms. The first-order valence-corrected chi connectivity index (χ1v) is 7.60. The van der Waals surface area contributed by atoms with E-state index in [1.807, 2.05) is 12.3 Å². The Kier molecular flexibility index (Phi) is 5.36. The lowest BCUT2D eigenvalue weighted by atomic mass is 9.94. The Bertz CT molecular complexity index is 504. The molecule has 1 aromatic carbocycles. The summed E-state index contributed by atoms with van der Waals surface area (Å²) in [5.74, 6) is 0.596. The highest BCUT2D eigenvalue weighted by molar-refractivity contribution is 5.33. The summed E-state index contributed by atoms with van der Waals surface area (Å²) in [5, 5.41) is 8.13. The van der Waals surface area contributed by atoms with Crippen LogP contribution in [0, 0.1) is 5.92 Å². The maximum Gasteiger partial charge on any atom is 0.0649 e. The van der Waals surface area contributed by atoms with Crippen LogP contribution in [0.25, 0.3) is 5.69 Å². The van der Waals surface area contributed by atoms with Crippen LogP contribution in [-0.2, 0) is 0 Å². The molecular weight excluding hydrogens is 246 g/mol. The van der Waals surface area contributed by atoms with E-state index in [4.69, 9.17) is 0 Å². The van der Waals surface area contributed by atoms with E-state index in [1.165, 1.54) is 18.5 Å². The van der Waals surface area contributed by atoms with Crippen molar-refractivity contribution in [3.8, 4) is 5.69 Å². The van der Waals surface area contributed by atoms with Gasteiger partial charge in [-0.2, -0.15) is 5.10 Å². The summed E-state index contributed by atoms with van der Waals surface area (Å²) < 4.78 is 2.06. The first-order chi connectivity index (χ1) is 9.77. The molecule has 2 unspecified atom stereocenters. The summed E-state index contributed by atoms with van der Waals surface area (Å²) in [4.78, 5) is 0. The molecule has 1 N–H and O–H groups in total. The van der Waals surface area contributed by atoms with Crippen molar-refractivity contribution in [2.24, 2.45) is 5.92 Å². The van der Waals surface area contributed by atoms with Gasteiger partial charge in [0.15, 0.2) is 0 Å². The fourth-order valence-corrected chi connectivity index (χ4v) is 2.77. The van der Waals surface area contributed by atoms with E-state index in [2.05, 4.69) is 66.2 Å². The molecule has 0 saturated heterocycles. The van der Waals surface area contributed by atoms with E-state index in [9.17, 15) is 0 Å². The van der Waals surface area contributed by atoms with E-state index >= 15 is 0 Å². The molecule has 0 aliphatic rings. The minimum atomic E-state index is 0.350. The van der Waals surface area contributed by atoms with Gasteiger partial charge in [0.25, 0.3) is 0 Å². The van der Waals surface area contributed by atoms with Crippen LogP contribution in [0.15, 0.2) is 42.6 Å². The topological polar surface area (TPSA) is 29.9 Å². The molecule has 108 valence electrons. The van der Waals surface area contributed by atoms with Gasteiger partial charge in [-0.1, -0.05) is 45.4 Å². The van der Waals surface area contributed by atoms with Gasteiger partial charge in [-0.15, -0.1) is 0 Å². The number of benzene rings is 1. The van der Waals surface area contributed by atoms with Gasteiger partial charge in [-0.3, -0.25) is 0 Å². The Labute approximate surface area is 122 Å². The lowest BCUT2D eigenvalue weighted by Crippen LogP contribution is -2.29. The molecule has 0 fully saturated rings. The Morgan fingerprint density at radius 3 is 2.55 bits per heavy atom. The van der Waals surface area contributed by atoms with Crippen molar-refractivity contribution in [3.05, 3.63) is 48.3 Å². The maximum absolute atomic E-state index is 4.51.